The van der Waals surface area contributed by atoms with Gasteiger partial charge in [0.2, 0.25) is 0 Å². The van der Waals surface area contributed by atoms with E-state index in [2.05, 4.69) is 4.72 Å². The van der Waals surface area contributed by atoms with Gasteiger partial charge in [-0.05, 0) is 48.4 Å². The van der Waals surface area contributed by atoms with E-state index in [9.17, 15) is 8.42 Å². The van der Waals surface area contributed by atoms with Gasteiger partial charge < -0.3 is 0 Å². The molecule has 4 nitrogen and oxygen atoms in total. The Morgan fingerprint density at radius 3 is 2.48 bits per heavy atom. The molecule has 0 heterocycles. The minimum absolute atomic E-state index is 0.179. The molecular weight excluding hydrogens is 284 g/mol. The highest BCUT2D eigenvalue weighted by Gasteiger charge is 2.13. The summed E-state index contributed by atoms with van der Waals surface area (Å²) in [5.74, 6) is 0. The number of allylic oxidation sites excluding steroid dienone is 1. The number of benzene rings is 2. The fourth-order valence-electron chi connectivity index (χ4n) is 1.81. The predicted molar refractivity (Wildman–Crippen MR) is 83.1 cm³/mol. The maximum atomic E-state index is 12.3. The summed E-state index contributed by atoms with van der Waals surface area (Å²) in [5.41, 5.74) is 2.28. The van der Waals surface area contributed by atoms with Gasteiger partial charge >= 0.3 is 0 Å². The molecule has 2 rings (SSSR count). The zero-order valence-corrected chi connectivity index (χ0v) is 12.3. The Kier molecular flexibility index (Phi) is 4.41. The molecule has 0 unspecified atom stereocenters. The summed E-state index contributed by atoms with van der Waals surface area (Å²) in [5, 5.41) is 8.46. The minimum Gasteiger partial charge on any atom is -0.280 e. The Bertz CT molecular complexity index is 801. The van der Waals surface area contributed by atoms with Crippen molar-refractivity contribution in [3.63, 3.8) is 0 Å². The zero-order chi connectivity index (χ0) is 15.3. The van der Waals surface area contributed by atoms with E-state index in [1.165, 1.54) is 18.2 Å². The van der Waals surface area contributed by atoms with E-state index in [4.69, 9.17) is 5.26 Å². The van der Waals surface area contributed by atoms with Gasteiger partial charge in [0.05, 0.1) is 11.0 Å². The normalized spacial score (nSPS) is 11.2. The van der Waals surface area contributed by atoms with Crippen molar-refractivity contribution in [1.82, 2.24) is 0 Å². The van der Waals surface area contributed by atoms with Crippen LogP contribution in [0.25, 0.3) is 6.08 Å². The molecule has 0 saturated carbocycles. The van der Waals surface area contributed by atoms with E-state index in [0.717, 1.165) is 11.1 Å². The summed E-state index contributed by atoms with van der Waals surface area (Å²) in [6, 6.07) is 15.4. The highest BCUT2D eigenvalue weighted by atomic mass is 32.2. The van der Waals surface area contributed by atoms with Crippen LogP contribution >= 0.6 is 0 Å². The maximum absolute atomic E-state index is 12.3. The molecule has 0 bridgehead atoms. The van der Waals surface area contributed by atoms with Crippen LogP contribution in [0.4, 0.5) is 5.69 Å². The summed E-state index contributed by atoms with van der Waals surface area (Å²) < 4.78 is 27.1. The van der Waals surface area contributed by atoms with Gasteiger partial charge in [-0.2, -0.15) is 5.26 Å². The molecule has 0 aromatic heterocycles. The second kappa shape index (κ2) is 6.25. The first-order chi connectivity index (χ1) is 10.0. The average Bonchev–Trinajstić information content (AvgIpc) is 2.45. The summed E-state index contributed by atoms with van der Waals surface area (Å²) in [4.78, 5) is 0.179. The number of nitrogens with zero attached hydrogens (tertiary/aromatic N) is 1. The molecule has 0 aliphatic rings. The molecule has 1 N–H and O–H groups in total. The molecule has 2 aromatic rings. The first-order valence-electron chi connectivity index (χ1n) is 6.27. The number of hydrogen-bond acceptors (Lipinski definition) is 3. The van der Waals surface area contributed by atoms with E-state index in [0.29, 0.717) is 5.69 Å². The van der Waals surface area contributed by atoms with Crippen molar-refractivity contribution in [2.24, 2.45) is 0 Å². The van der Waals surface area contributed by atoms with Gasteiger partial charge in [0.15, 0.2) is 0 Å². The molecule has 5 heteroatoms. The van der Waals surface area contributed by atoms with E-state index >= 15 is 0 Å². The Hall–Kier alpha value is -2.58. The number of rotatable bonds is 4. The van der Waals surface area contributed by atoms with Crippen LogP contribution in [0.1, 0.15) is 11.1 Å². The van der Waals surface area contributed by atoms with Gasteiger partial charge in [-0.15, -0.1) is 0 Å². The number of anilines is 1. The zero-order valence-electron chi connectivity index (χ0n) is 11.4. The van der Waals surface area contributed by atoms with Crippen LogP contribution < -0.4 is 4.72 Å². The van der Waals surface area contributed by atoms with Crippen LogP contribution in [-0.2, 0) is 10.0 Å². The highest BCUT2D eigenvalue weighted by molar-refractivity contribution is 7.92. The van der Waals surface area contributed by atoms with Crippen molar-refractivity contribution in [3.05, 3.63) is 65.7 Å². The molecule has 0 amide bonds. The quantitative estimate of drug-likeness (QED) is 0.880. The van der Waals surface area contributed by atoms with Crippen LogP contribution in [0.15, 0.2) is 59.5 Å². The van der Waals surface area contributed by atoms with Gasteiger partial charge in [-0.1, -0.05) is 24.3 Å². The molecule has 0 aliphatic carbocycles. The maximum Gasteiger partial charge on any atom is 0.261 e. The minimum atomic E-state index is -3.61. The standard InChI is InChI=1S/C16H14N2O2S/c1-13-4-2-6-15(12-13)18-21(19,20)16-9-7-14(8-10-16)5-3-11-17/h2-10,12,18H,1H3. The number of aryl methyl sites for hydroxylation is 1. The van der Waals surface area contributed by atoms with Gasteiger partial charge in [0, 0.05) is 11.8 Å². The van der Waals surface area contributed by atoms with E-state index in [1.54, 1.807) is 36.4 Å². The number of nitrogens with one attached hydrogen (secondary N) is 1. The Morgan fingerprint density at radius 2 is 1.86 bits per heavy atom. The van der Waals surface area contributed by atoms with E-state index in [-0.39, 0.29) is 4.90 Å². The smallest absolute Gasteiger partial charge is 0.261 e. The molecule has 0 radical (unpaired) electrons. The van der Waals surface area contributed by atoms with Crippen LogP contribution in [-0.4, -0.2) is 8.42 Å². The third-order valence-corrected chi connectivity index (χ3v) is 4.21. The third kappa shape index (κ3) is 3.94. The number of hydrogen-bond donors (Lipinski definition) is 1. The second-order valence-electron chi connectivity index (χ2n) is 4.51. The Balaban J connectivity index is 2.24. The van der Waals surface area contributed by atoms with E-state index in [1.807, 2.05) is 19.1 Å². The van der Waals surface area contributed by atoms with Gasteiger partial charge in [0.25, 0.3) is 10.0 Å². The molecule has 0 saturated heterocycles. The van der Waals surface area contributed by atoms with E-state index < -0.39 is 10.0 Å². The lowest BCUT2D eigenvalue weighted by Crippen LogP contribution is -2.12. The monoisotopic (exact) mass is 298 g/mol. The predicted octanol–water partition coefficient (Wildman–Crippen LogP) is 3.33. The fraction of sp³-hybridized carbons (Fsp3) is 0.0625. The molecule has 21 heavy (non-hydrogen) atoms. The first kappa shape index (κ1) is 14.8. The summed E-state index contributed by atoms with van der Waals surface area (Å²) in [6.07, 6.45) is 2.96. The molecule has 0 spiro atoms. The van der Waals surface area contributed by atoms with Gasteiger partial charge in [-0.25, -0.2) is 8.42 Å². The van der Waals surface area contributed by atoms with Crippen LogP contribution in [0, 0.1) is 18.3 Å². The van der Waals surface area contributed by atoms with Crippen molar-refractivity contribution in [3.8, 4) is 6.07 Å². The summed E-state index contributed by atoms with van der Waals surface area (Å²) >= 11 is 0. The Labute approximate surface area is 124 Å². The van der Waals surface area contributed by atoms with Crippen molar-refractivity contribution in [2.45, 2.75) is 11.8 Å². The molecule has 0 aliphatic heterocycles. The second-order valence-corrected chi connectivity index (χ2v) is 6.19. The molecule has 0 atom stereocenters. The highest BCUT2D eigenvalue weighted by Crippen LogP contribution is 2.17. The molecule has 2 aromatic carbocycles. The van der Waals surface area contributed by atoms with Crippen molar-refractivity contribution in [2.75, 3.05) is 4.72 Å². The van der Waals surface area contributed by atoms with Gasteiger partial charge in [-0.3, -0.25) is 4.72 Å². The SMILES string of the molecule is Cc1cccc(NS(=O)(=O)c2ccc(C=CC#N)cc2)c1. The molecule has 106 valence electrons. The van der Waals surface area contributed by atoms with Crippen molar-refractivity contribution < 1.29 is 8.42 Å². The van der Waals surface area contributed by atoms with Crippen LogP contribution in [0.2, 0.25) is 0 Å². The third-order valence-electron chi connectivity index (χ3n) is 2.81. The number of sulfonamides is 1. The largest absolute Gasteiger partial charge is 0.280 e. The lowest BCUT2D eigenvalue weighted by atomic mass is 10.2. The average molecular weight is 298 g/mol. The molecule has 0 fully saturated rings. The number of nitriles is 1. The van der Waals surface area contributed by atoms with Crippen molar-refractivity contribution >= 4 is 21.8 Å². The van der Waals surface area contributed by atoms with Crippen molar-refractivity contribution in [1.29, 1.82) is 5.26 Å². The van der Waals surface area contributed by atoms with Gasteiger partial charge in [0.1, 0.15) is 0 Å². The first-order valence-corrected chi connectivity index (χ1v) is 7.75. The van der Waals surface area contributed by atoms with Crippen LogP contribution in [0.5, 0.6) is 0 Å². The summed E-state index contributed by atoms with van der Waals surface area (Å²) in [7, 11) is -3.61. The summed E-state index contributed by atoms with van der Waals surface area (Å²) in [6.45, 7) is 1.90. The molecular formula is C16H14N2O2S. The lowest BCUT2D eigenvalue weighted by Gasteiger charge is -2.08. The lowest BCUT2D eigenvalue weighted by molar-refractivity contribution is 0.601. The topological polar surface area (TPSA) is 70.0 Å². The Morgan fingerprint density at radius 1 is 1.14 bits per heavy atom. The van der Waals surface area contributed by atoms with Crippen LogP contribution in [0.3, 0.4) is 0 Å². The fourth-order valence-corrected chi connectivity index (χ4v) is 2.86.